The van der Waals surface area contributed by atoms with Gasteiger partial charge in [-0.15, -0.1) is 0 Å². The summed E-state index contributed by atoms with van der Waals surface area (Å²) in [5.74, 6) is 11.4. The van der Waals surface area contributed by atoms with Crippen molar-refractivity contribution in [1.82, 2.24) is 5.32 Å². The molecule has 10 atom stereocenters. The van der Waals surface area contributed by atoms with Gasteiger partial charge in [0.25, 0.3) is 0 Å². The van der Waals surface area contributed by atoms with Crippen LogP contribution in [-0.2, 0) is 28.4 Å². The lowest BCUT2D eigenvalue weighted by Crippen LogP contribution is -2.62. The summed E-state index contributed by atoms with van der Waals surface area (Å²) in [5, 5.41) is 36.3. The number of fused-ring (bicyclic) bond motifs is 3. The van der Waals surface area contributed by atoms with Gasteiger partial charge in [-0.25, -0.2) is 9.59 Å². The number of likely N-dealkylation sites (N-methyl/N-ethyl adjacent to an activating group) is 1. The summed E-state index contributed by atoms with van der Waals surface area (Å²) in [6.45, 7) is 3.42. The number of carbonyl (C=O) groups is 2. The molecule has 2 aliphatic carbocycles. The fourth-order valence-corrected chi connectivity index (χ4v) is 6.50. The number of aryl methyl sites for hydroxylation is 1. The second kappa shape index (κ2) is 12.1. The summed E-state index contributed by atoms with van der Waals surface area (Å²) in [7, 11) is 3.10. The van der Waals surface area contributed by atoms with E-state index in [9.17, 15) is 24.9 Å². The number of aliphatic hydroxyl groups is 2. The largest absolute Gasteiger partial charge is 0.508 e. The first-order chi connectivity index (χ1) is 23.0. The lowest BCUT2D eigenvalue weighted by molar-refractivity contribution is -0.273. The van der Waals surface area contributed by atoms with Crippen LogP contribution >= 0.6 is 0 Å². The normalized spacial score (nSPS) is 34.6. The van der Waals surface area contributed by atoms with Gasteiger partial charge < -0.3 is 53.8 Å². The van der Waals surface area contributed by atoms with E-state index in [0.29, 0.717) is 22.3 Å². The zero-order chi connectivity index (χ0) is 33.9. The average Bonchev–Trinajstić information content (AvgIpc) is 3.39. The van der Waals surface area contributed by atoms with Crippen LogP contribution in [0.4, 0.5) is 4.79 Å². The lowest BCUT2D eigenvalue weighted by Gasteiger charge is -2.42. The maximum atomic E-state index is 14.0. The van der Waals surface area contributed by atoms with Crippen LogP contribution in [0.1, 0.15) is 22.8 Å². The molecule has 0 saturated carbocycles. The van der Waals surface area contributed by atoms with E-state index in [2.05, 4.69) is 29.0 Å². The van der Waals surface area contributed by atoms with Gasteiger partial charge in [0.1, 0.15) is 42.0 Å². The molecule has 0 bridgehead atoms. The zero-order valence-electron chi connectivity index (χ0n) is 26.4. The van der Waals surface area contributed by atoms with Gasteiger partial charge in [-0.1, -0.05) is 29.7 Å². The lowest BCUT2D eigenvalue weighted by atomic mass is 9.97. The van der Waals surface area contributed by atoms with Gasteiger partial charge >= 0.3 is 12.1 Å². The molecule has 13 heteroatoms. The molecule has 4 N–H and O–H groups in total. The molecule has 1 unspecified atom stereocenters. The quantitative estimate of drug-likeness (QED) is 0.191. The molecule has 3 fully saturated rings. The van der Waals surface area contributed by atoms with Crippen LogP contribution in [0.25, 0.3) is 10.8 Å². The molecule has 3 heterocycles. The molecule has 5 aliphatic rings. The van der Waals surface area contributed by atoms with E-state index < -0.39 is 72.8 Å². The van der Waals surface area contributed by atoms with Crippen LogP contribution < -0.4 is 10.1 Å². The molecule has 48 heavy (non-hydrogen) atoms. The van der Waals surface area contributed by atoms with E-state index >= 15 is 0 Å². The zero-order valence-corrected chi connectivity index (χ0v) is 26.4. The highest BCUT2D eigenvalue weighted by Gasteiger charge is 2.65. The number of rotatable bonds is 7. The number of ether oxygens (including phenoxy) is 7. The van der Waals surface area contributed by atoms with Crippen LogP contribution in [0.5, 0.6) is 11.5 Å². The third kappa shape index (κ3) is 5.35. The molecular weight excluding hydrogens is 626 g/mol. The van der Waals surface area contributed by atoms with Crippen LogP contribution in [0.2, 0.25) is 0 Å². The molecule has 0 spiro atoms. The number of benzene rings is 2. The van der Waals surface area contributed by atoms with Crippen molar-refractivity contribution in [3.63, 3.8) is 0 Å². The molecule has 2 aromatic rings. The first-order valence-electron chi connectivity index (χ1n) is 15.4. The number of cyclic esters (lactones) is 2. The first-order valence-corrected chi connectivity index (χ1v) is 15.4. The number of allylic oxidation sites excluding steroid dienone is 1. The molecule has 7 rings (SSSR count). The topological polar surface area (TPSA) is 175 Å². The molecule has 13 nitrogen and oxygen atoms in total. The maximum absolute atomic E-state index is 14.0. The fraction of sp³-hybridized carbons (Fsp3) is 0.429. The predicted octanol–water partition coefficient (Wildman–Crippen LogP) is 1.39. The van der Waals surface area contributed by atoms with Gasteiger partial charge in [-0.3, -0.25) is 0 Å². The highest BCUT2D eigenvalue weighted by Crippen LogP contribution is 2.44. The Bertz CT molecular complexity index is 1880. The average molecular weight is 660 g/mol. The number of carbonyl (C=O) groups excluding carboxylic acids is 2. The fourth-order valence-electron chi connectivity index (χ4n) is 6.50. The molecule has 0 aromatic heterocycles. The third-order valence-corrected chi connectivity index (χ3v) is 9.23. The van der Waals surface area contributed by atoms with Crippen molar-refractivity contribution in [3.8, 4) is 35.2 Å². The number of epoxide rings is 1. The number of nitrogens with one attached hydrogen (secondary N) is 1. The number of esters is 1. The molecule has 3 saturated heterocycles. The summed E-state index contributed by atoms with van der Waals surface area (Å²) in [5.41, 5.74) is 0.400. The van der Waals surface area contributed by atoms with Gasteiger partial charge in [-0.2, -0.15) is 0 Å². The third-order valence-electron chi connectivity index (χ3n) is 9.23. The van der Waals surface area contributed by atoms with E-state index in [4.69, 9.17) is 33.2 Å². The van der Waals surface area contributed by atoms with Crippen molar-refractivity contribution in [3.05, 3.63) is 58.7 Å². The second-order valence-corrected chi connectivity index (χ2v) is 12.1. The minimum absolute atomic E-state index is 0.0490. The summed E-state index contributed by atoms with van der Waals surface area (Å²) >= 11 is 0. The molecular formula is C35H33NO12. The van der Waals surface area contributed by atoms with Crippen LogP contribution in [0.3, 0.4) is 0 Å². The summed E-state index contributed by atoms with van der Waals surface area (Å²) in [4.78, 5) is 25.7. The molecule has 3 aliphatic heterocycles. The number of aromatic hydroxyl groups is 1. The van der Waals surface area contributed by atoms with Crippen molar-refractivity contribution < 1.29 is 58.1 Å². The van der Waals surface area contributed by atoms with E-state index in [1.54, 1.807) is 38.3 Å². The number of phenolic OH excluding ortho intramolecular Hbond substituents is 1. The smallest absolute Gasteiger partial charge is 0.507 e. The van der Waals surface area contributed by atoms with Gasteiger partial charge in [0.05, 0.1) is 19.3 Å². The Hall–Kier alpha value is -4.60. The Morgan fingerprint density at radius 1 is 1.17 bits per heavy atom. The minimum Gasteiger partial charge on any atom is -0.507 e. The second-order valence-electron chi connectivity index (χ2n) is 12.1. The Morgan fingerprint density at radius 3 is 2.71 bits per heavy atom. The standard InChI is InChI=1S/C35H33NO12/c1-16-12-19(42-4)14-22-20(16)8-9-23(37)27(22)32(40)45-24-13-18-10-11-35(26-15-43-34(41)46-26)25(48-35)7-5-6-21(18)31(24)47-33-28(36-3)30(39)29(38)17(2)44-33/h6,8-9,12-14,17,24-26,28-31,33,36-39H,15H2,1-4H3/t17-,24-,25-,26?,28-,29+,30-,31-,33-,35+/m1/s1. The monoisotopic (exact) mass is 659 g/mol. The van der Waals surface area contributed by atoms with E-state index in [1.807, 2.05) is 13.0 Å². The predicted molar refractivity (Wildman–Crippen MR) is 166 cm³/mol. The molecule has 0 radical (unpaired) electrons. The number of hydrogen-bond acceptors (Lipinski definition) is 13. The van der Waals surface area contributed by atoms with Crippen LogP contribution in [0, 0.1) is 30.6 Å². The Kier molecular flexibility index (Phi) is 8.08. The summed E-state index contributed by atoms with van der Waals surface area (Å²) < 4.78 is 40.0. The van der Waals surface area contributed by atoms with Crippen molar-refractivity contribution in [2.45, 2.75) is 74.5 Å². The number of phenols is 1. The maximum Gasteiger partial charge on any atom is 0.508 e. The Morgan fingerprint density at radius 2 is 1.98 bits per heavy atom. The molecule has 2 aromatic carbocycles. The molecule has 0 amide bonds. The SMILES string of the molecule is CN[C@H]1[C@@H](O[C@@H]2C3=CC#C[C@H]4O[C@@]4(C4COC(=O)O4)C#CC3=C[C@H]2OC(=O)c2c(O)ccc3c(C)cc(OC)cc23)O[C@H](C)[C@H](O)[C@@H]1O. The van der Waals surface area contributed by atoms with E-state index in [1.165, 1.54) is 13.2 Å². The van der Waals surface area contributed by atoms with Crippen molar-refractivity contribution in [2.75, 3.05) is 20.8 Å². The van der Waals surface area contributed by atoms with Gasteiger partial charge in [0.15, 0.2) is 24.6 Å². The van der Waals surface area contributed by atoms with E-state index in [-0.39, 0.29) is 17.9 Å². The minimum atomic E-state index is -1.24. The summed E-state index contributed by atoms with van der Waals surface area (Å²) in [6, 6.07) is 5.74. The van der Waals surface area contributed by atoms with Gasteiger partial charge in [0, 0.05) is 16.5 Å². The highest BCUT2D eigenvalue weighted by molar-refractivity contribution is 6.08. The molecule has 250 valence electrons. The van der Waals surface area contributed by atoms with Crippen molar-refractivity contribution in [2.24, 2.45) is 0 Å². The van der Waals surface area contributed by atoms with Gasteiger partial charge in [-0.05, 0) is 62.2 Å². The number of hydrogen-bond donors (Lipinski definition) is 4. The van der Waals surface area contributed by atoms with Crippen LogP contribution in [0.15, 0.2) is 47.6 Å². The highest BCUT2D eigenvalue weighted by atomic mass is 16.8. The number of aliphatic hydroxyl groups excluding tert-OH is 2. The number of methoxy groups -OCH3 is 1. The first kappa shape index (κ1) is 32.0. The summed E-state index contributed by atoms with van der Waals surface area (Å²) in [6.07, 6.45) is -5.56. The van der Waals surface area contributed by atoms with E-state index in [0.717, 1.165) is 10.9 Å². The Balaban J connectivity index is 1.27. The van der Waals surface area contributed by atoms with Crippen molar-refractivity contribution >= 4 is 22.9 Å². The Labute approximate surface area is 275 Å². The van der Waals surface area contributed by atoms with Crippen LogP contribution in [-0.4, -0.2) is 109 Å². The van der Waals surface area contributed by atoms with Crippen molar-refractivity contribution in [1.29, 1.82) is 0 Å². The van der Waals surface area contributed by atoms with Gasteiger partial charge in [0.2, 0.25) is 5.60 Å².